The summed E-state index contributed by atoms with van der Waals surface area (Å²) in [5.74, 6) is -0.182. The molecule has 1 aliphatic heterocycles. The van der Waals surface area contributed by atoms with Crippen LogP contribution in [0.15, 0.2) is 29.2 Å². The fourth-order valence-corrected chi connectivity index (χ4v) is 3.53. The van der Waals surface area contributed by atoms with E-state index < -0.39 is 0 Å². The fourth-order valence-electron chi connectivity index (χ4n) is 2.53. The number of rotatable bonds is 4. The van der Waals surface area contributed by atoms with E-state index in [2.05, 4.69) is 37.4 Å². The maximum absolute atomic E-state index is 11.9. The number of ether oxygens (including phenoxy) is 1. The first-order chi connectivity index (χ1) is 9.13. The predicted molar refractivity (Wildman–Crippen MR) is 78.3 cm³/mol. The molecule has 1 aliphatic rings. The summed E-state index contributed by atoms with van der Waals surface area (Å²) < 4.78 is 4.92. The molecule has 1 aromatic rings. The smallest absolute Gasteiger partial charge is 0.310 e. The second kappa shape index (κ2) is 6.44. The van der Waals surface area contributed by atoms with Crippen molar-refractivity contribution in [2.24, 2.45) is 5.92 Å². The first-order valence-corrected chi connectivity index (χ1v) is 7.58. The van der Waals surface area contributed by atoms with Gasteiger partial charge in [0.2, 0.25) is 0 Å². The van der Waals surface area contributed by atoms with Crippen LogP contribution in [0.4, 0.5) is 0 Å². The monoisotopic (exact) mass is 279 g/mol. The van der Waals surface area contributed by atoms with E-state index in [0.717, 1.165) is 13.0 Å². The van der Waals surface area contributed by atoms with Crippen LogP contribution in [0.5, 0.6) is 0 Å². The molecule has 0 bridgehead atoms. The Morgan fingerprint density at radius 3 is 2.84 bits per heavy atom. The van der Waals surface area contributed by atoms with Crippen molar-refractivity contribution in [1.29, 1.82) is 0 Å². The van der Waals surface area contributed by atoms with Gasteiger partial charge in [0.1, 0.15) is 0 Å². The molecule has 19 heavy (non-hydrogen) atoms. The SMILES string of the molecule is COC(=O)[C@@H]1CCN[C@@H]1c1ccccc1SC(C)C. The molecule has 0 unspecified atom stereocenters. The molecule has 0 amide bonds. The Labute approximate surface area is 119 Å². The maximum atomic E-state index is 11.9. The number of carbonyl (C=O) groups excluding carboxylic acids is 1. The molecule has 104 valence electrons. The van der Waals surface area contributed by atoms with Crippen molar-refractivity contribution in [3.05, 3.63) is 29.8 Å². The van der Waals surface area contributed by atoms with Gasteiger partial charge in [0.15, 0.2) is 0 Å². The van der Waals surface area contributed by atoms with Crippen LogP contribution in [-0.4, -0.2) is 24.9 Å². The third-order valence-corrected chi connectivity index (χ3v) is 4.44. The molecule has 2 rings (SSSR count). The molecule has 1 aromatic carbocycles. The van der Waals surface area contributed by atoms with Crippen molar-refractivity contribution in [2.75, 3.05) is 13.7 Å². The van der Waals surface area contributed by atoms with Gasteiger partial charge in [-0.1, -0.05) is 32.0 Å². The van der Waals surface area contributed by atoms with Crippen molar-refractivity contribution >= 4 is 17.7 Å². The van der Waals surface area contributed by atoms with Gasteiger partial charge >= 0.3 is 5.97 Å². The molecule has 3 nitrogen and oxygen atoms in total. The number of hydrogen-bond acceptors (Lipinski definition) is 4. The number of hydrogen-bond donors (Lipinski definition) is 1. The van der Waals surface area contributed by atoms with Gasteiger partial charge in [-0.15, -0.1) is 11.8 Å². The summed E-state index contributed by atoms with van der Waals surface area (Å²) in [6.07, 6.45) is 0.845. The van der Waals surface area contributed by atoms with Crippen LogP contribution in [0.2, 0.25) is 0 Å². The van der Waals surface area contributed by atoms with Gasteiger partial charge in [0.25, 0.3) is 0 Å². The van der Waals surface area contributed by atoms with Crippen LogP contribution >= 0.6 is 11.8 Å². The van der Waals surface area contributed by atoms with Crippen molar-refractivity contribution in [3.8, 4) is 0 Å². The molecule has 1 saturated heterocycles. The second-order valence-corrected chi connectivity index (χ2v) is 6.67. The Morgan fingerprint density at radius 1 is 1.42 bits per heavy atom. The molecule has 0 radical (unpaired) electrons. The number of benzene rings is 1. The zero-order chi connectivity index (χ0) is 13.8. The van der Waals surface area contributed by atoms with E-state index in [-0.39, 0.29) is 17.9 Å². The molecule has 2 atom stereocenters. The summed E-state index contributed by atoms with van der Waals surface area (Å²) in [6.45, 7) is 5.23. The standard InChI is InChI=1S/C15H21NO2S/c1-10(2)19-13-7-5-4-6-11(13)14-12(8-9-16-14)15(17)18-3/h4-7,10,12,14,16H,8-9H2,1-3H3/t12-,14-/m1/s1. The van der Waals surface area contributed by atoms with Crippen LogP contribution in [-0.2, 0) is 9.53 Å². The molecule has 0 saturated carbocycles. The summed E-state index contributed by atoms with van der Waals surface area (Å²) in [6, 6.07) is 8.41. The van der Waals surface area contributed by atoms with E-state index in [9.17, 15) is 4.79 Å². The fraction of sp³-hybridized carbons (Fsp3) is 0.533. The number of esters is 1. The van der Waals surface area contributed by atoms with Crippen LogP contribution in [0.25, 0.3) is 0 Å². The molecule has 0 aromatic heterocycles. The van der Waals surface area contributed by atoms with Crippen molar-refractivity contribution in [2.45, 2.75) is 36.5 Å². The Hall–Kier alpha value is -1.00. The lowest BCUT2D eigenvalue weighted by Crippen LogP contribution is -2.25. The van der Waals surface area contributed by atoms with E-state index in [0.29, 0.717) is 5.25 Å². The molecular formula is C15H21NO2S. The number of thioether (sulfide) groups is 1. The summed E-state index contributed by atoms with van der Waals surface area (Å²) in [5.41, 5.74) is 1.22. The molecular weight excluding hydrogens is 258 g/mol. The Kier molecular flexibility index (Phi) is 4.88. The van der Waals surface area contributed by atoms with E-state index >= 15 is 0 Å². The van der Waals surface area contributed by atoms with Gasteiger partial charge < -0.3 is 10.1 Å². The highest BCUT2D eigenvalue weighted by atomic mass is 32.2. The normalized spacial score (nSPS) is 22.7. The highest BCUT2D eigenvalue weighted by Gasteiger charge is 2.35. The molecule has 4 heteroatoms. The molecule has 1 N–H and O–H groups in total. The quantitative estimate of drug-likeness (QED) is 0.679. The lowest BCUT2D eigenvalue weighted by atomic mass is 9.94. The molecule has 0 spiro atoms. The zero-order valence-corrected chi connectivity index (χ0v) is 12.5. The van der Waals surface area contributed by atoms with Gasteiger partial charge in [-0.05, 0) is 24.6 Å². The lowest BCUT2D eigenvalue weighted by Gasteiger charge is -2.21. The Balaban J connectivity index is 2.27. The van der Waals surface area contributed by atoms with E-state index in [1.807, 2.05) is 17.8 Å². The lowest BCUT2D eigenvalue weighted by molar-refractivity contribution is -0.145. The summed E-state index contributed by atoms with van der Waals surface area (Å²) >= 11 is 1.84. The van der Waals surface area contributed by atoms with Crippen LogP contribution in [0, 0.1) is 5.92 Å². The van der Waals surface area contributed by atoms with Crippen molar-refractivity contribution in [3.63, 3.8) is 0 Å². The Morgan fingerprint density at radius 2 is 2.16 bits per heavy atom. The minimum atomic E-state index is -0.112. The Bertz CT molecular complexity index is 448. The number of nitrogens with one attached hydrogen (secondary N) is 1. The molecule has 0 aliphatic carbocycles. The third kappa shape index (κ3) is 3.31. The van der Waals surface area contributed by atoms with Gasteiger partial charge in [-0.25, -0.2) is 0 Å². The minimum Gasteiger partial charge on any atom is -0.469 e. The zero-order valence-electron chi connectivity index (χ0n) is 11.7. The highest BCUT2D eigenvalue weighted by molar-refractivity contribution is 8.00. The van der Waals surface area contributed by atoms with E-state index in [1.165, 1.54) is 17.6 Å². The summed E-state index contributed by atoms with van der Waals surface area (Å²) in [4.78, 5) is 13.1. The maximum Gasteiger partial charge on any atom is 0.310 e. The summed E-state index contributed by atoms with van der Waals surface area (Å²) in [5, 5.41) is 3.96. The molecule has 1 heterocycles. The van der Waals surface area contributed by atoms with Crippen molar-refractivity contribution < 1.29 is 9.53 Å². The van der Waals surface area contributed by atoms with E-state index in [4.69, 9.17) is 4.74 Å². The van der Waals surface area contributed by atoms with Gasteiger partial charge in [0, 0.05) is 16.2 Å². The predicted octanol–water partition coefficient (Wildman–Crippen LogP) is 3.01. The largest absolute Gasteiger partial charge is 0.469 e. The first kappa shape index (κ1) is 14.4. The second-order valence-electron chi connectivity index (χ2n) is 5.05. The molecule has 1 fully saturated rings. The van der Waals surface area contributed by atoms with Gasteiger partial charge in [-0.3, -0.25) is 4.79 Å². The third-order valence-electron chi connectivity index (χ3n) is 3.34. The summed E-state index contributed by atoms with van der Waals surface area (Å²) in [7, 11) is 1.46. The van der Waals surface area contributed by atoms with Crippen LogP contribution in [0.3, 0.4) is 0 Å². The topological polar surface area (TPSA) is 38.3 Å². The highest BCUT2D eigenvalue weighted by Crippen LogP contribution is 2.37. The van der Waals surface area contributed by atoms with Gasteiger partial charge in [0.05, 0.1) is 13.0 Å². The average Bonchev–Trinajstić information content (AvgIpc) is 2.87. The van der Waals surface area contributed by atoms with Gasteiger partial charge in [-0.2, -0.15) is 0 Å². The number of methoxy groups -OCH3 is 1. The van der Waals surface area contributed by atoms with Crippen molar-refractivity contribution in [1.82, 2.24) is 5.32 Å². The minimum absolute atomic E-state index is 0.0705. The number of carbonyl (C=O) groups is 1. The van der Waals surface area contributed by atoms with E-state index in [1.54, 1.807) is 0 Å². The van der Waals surface area contributed by atoms with Crippen LogP contribution in [0.1, 0.15) is 31.9 Å². The van der Waals surface area contributed by atoms with Crippen LogP contribution < -0.4 is 5.32 Å². The average molecular weight is 279 g/mol. The first-order valence-electron chi connectivity index (χ1n) is 6.70.